The van der Waals surface area contributed by atoms with Gasteiger partial charge in [-0.25, -0.2) is 0 Å². The Labute approximate surface area is 164 Å². The van der Waals surface area contributed by atoms with Gasteiger partial charge in [0.15, 0.2) is 0 Å². The molecule has 0 unspecified atom stereocenters. The van der Waals surface area contributed by atoms with E-state index >= 15 is 0 Å². The summed E-state index contributed by atoms with van der Waals surface area (Å²) in [6.07, 6.45) is 0. The number of hydrogen-bond donors (Lipinski definition) is 0. The molecule has 0 aliphatic carbocycles. The highest BCUT2D eigenvalue weighted by atomic mass is 14.2. The maximum atomic E-state index is 2.36. The Morgan fingerprint density at radius 1 is 0.357 bits per heavy atom. The van der Waals surface area contributed by atoms with E-state index in [1.807, 2.05) is 0 Å². The standard InChI is InChI=1S/C28H18/c1-2-7-19(8-3-1)22-11-5-12-23(17-22)26-18-24-13-4-9-20-15-16-21-10-6-14-25(26)28(21)27(20)24/h1-18H. The van der Waals surface area contributed by atoms with Gasteiger partial charge in [-0.3, -0.25) is 0 Å². The molecule has 130 valence electrons. The second-order valence-corrected chi connectivity index (χ2v) is 7.42. The molecule has 28 heavy (non-hydrogen) atoms. The van der Waals surface area contributed by atoms with Crippen molar-refractivity contribution >= 4 is 32.3 Å². The van der Waals surface area contributed by atoms with Crippen molar-refractivity contribution in [2.75, 3.05) is 0 Å². The Morgan fingerprint density at radius 2 is 1.00 bits per heavy atom. The van der Waals surface area contributed by atoms with Gasteiger partial charge in [0.25, 0.3) is 0 Å². The Kier molecular flexibility index (Phi) is 3.27. The molecule has 0 saturated heterocycles. The van der Waals surface area contributed by atoms with E-state index in [0.29, 0.717) is 0 Å². The van der Waals surface area contributed by atoms with Gasteiger partial charge in [-0.15, -0.1) is 0 Å². The maximum Gasteiger partial charge on any atom is -0.00206 e. The van der Waals surface area contributed by atoms with Gasteiger partial charge in [0.2, 0.25) is 0 Å². The summed E-state index contributed by atoms with van der Waals surface area (Å²) in [5.74, 6) is 0. The number of benzene rings is 6. The zero-order chi connectivity index (χ0) is 18.5. The third-order valence-electron chi connectivity index (χ3n) is 5.79. The fourth-order valence-corrected chi connectivity index (χ4v) is 4.50. The first-order valence-corrected chi connectivity index (χ1v) is 9.71. The van der Waals surface area contributed by atoms with Crippen molar-refractivity contribution in [3.8, 4) is 22.3 Å². The molecule has 0 amide bonds. The van der Waals surface area contributed by atoms with Crippen LogP contribution in [0.2, 0.25) is 0 Å². The van der Waals surface area contributed by atoms with E-state index in [-0.39, 0.29) is 0 Å². The van der Waals surface area contributed by atoms with Crippen LogP contribution in [0, 0.1) is 0 Å². The lowest BCUT2D eigenvalue weighted by atomic mass is 9.88. The van der Waals surface area contributed by atoms with E-state index in [1.165, 1.54) is 54.6 Å². The topological polar surface area (TPSA) is 0 Å². The molecule has 0 aliphatic heterocycles. The zero-order valence-electron chi connectivity index (χ0n) is 15.4. The summed E-state index contributed by atoms with van der Waals surface area (Å²) < 4.78 is 0. The molecule has 0 heterocycles. The highest BCUT2D eigenvalue weighted by molar-refractivity contribution is 6.26. The molecular weight excluding hydrogens is 336 g/mol. The summed E-state index contributed by atoms with van der Waals surface area (Å²) in [5.41, 5.74) is 5.07. The first kappa shape index (κ1) is 15.4. The molecule has 0 aliphatic rings. The molecule has 0 heteroatoms. The van der Waals surface area contributed by atoms with Gasteiger partial charge in [-0.1, -0.05) is 97.1 Å². The van der Waals surface area contributed by atoms with Crippen molar-refractivity contribution < 1.29 is 0 Å². The van der Waals surface area contributed by atoms with Gasteiger partial charge in [-0.2, -0.15) is 0 Å². The van der Waals surface area contributed by atoms with Crippen LogP contribution in [0.5, 0.6) is 0 Å². The molecule has 0 fully saturated rings. The monoisotopic (exact) mass is 354 g/mol. The maximum absolute atomic E-state index is 2.36. The van der Waals surface area contributed by atoms with Crippen molar-refractivity contribution in [2.24, 2.45) is 0 Å². The van der Waals surface area contributed by atoms with Crippen LogP contribution in [-0.4, -0.2) is 0 Å². The molecule has 0 spiro atoms. The second-order valence-electron chi connectivity index (χ2n) is 7.42. The minimum Gasteiger partial charge on any atom is -0.0622 e. The van der Waals surface area contributed by atoms with Crippen molar-refractivity contribution in [2.45, 2.75) is 0 Å². The third kappa shape index (κ3) is 2.25. The van der Waals surface area contributed by atoms with Crippen molar-refractivity contribution in [1.29, 1.82) is 0 Å². The lowest BCUT2D eigenvalue weighted by Gasteiger charge is -2.15. The Hall–Kier alpha value is -3.64. The Balaban J connectivity index is 1.69. The van der Waals surface area contributed by atoms with Gasteiger partial charge < -0.3 is 0 Å². The first-order chi connectivity index (χ1) is 13.9. The smallest absolute Gasteiger partial charge is 0.00206 e. The van der Waals surface area contributed by atoms with E-state index in [9.17, 15) is 0 Å². The van der Waals surface area contributed by atoms with Crippen LogP contribution >= 0.6 is 0 Å². The van der Waals surface area contributed by atoms with Crippen molar-refractivity contribution in [3.05, 3.63) is 109 Å². The van der Waals surface area contributed by atoms with Crippen LogP contribution < -0.4 is 0 Å². The van der Waals surface area contributed by atoms with E-state index in [2.05, 4.69) is 109 Å². The van der Waals surface area contributed by atoms with Crippen LogP contribution in [0.1, 0.15) is 0 Å². The van der Waals surface area contributed by atoms with Crippen molar-refractivity contribution in [3.63, 3.8) is 0 Å². The van der Waals surface area contributed by atoms with Crippen LogP contribution in [0.3, 0.4) is 0 Å². The molecule has 6 aromatic carbocycles. The molecule has 0 saturated carbocycles. The van der Waals surface area contributed by atoms with Gasteiger partial charge in [0.05, 0.1) is 0 Å². The average Bonchev–Trinajstić information content (AvgIpc) is 2.78. The second kappa shape index (κ2) is 5.94. The molecule has 0 bridgehead atoms. The minimum atomic E-state index is 1.25. The first-order valence-electron chi connectivity index (χ1n) is 9.71. The summed E-state index contributed by atoms with van der Waals surface area (Å²) in [7, 11) is 0. The lowest BCUT2D eigenvalue weighted by molar-refractivity contribution is 1.61. The van der Waals surface area contributed by atoms with Gasteiger partial charge in [-0.05, 0) is 66.7 Å². The van der Waals surface area contributed by atoms with Gasteiger partial charge in [0, 0.05) is 0 Å². The summed E-state index contributed by atoms with van der Waals surface area (Å²) in [6, 6.07) is 39.6. The van der Waals surface area contributed by atoms with E-state index in [0.717, 1.165) is 0 Å². The molecule has 6 aromatic rings. The molecular formula is C28H18. The summed E-state index contributed by atoms with van der Waals surface area (Å²) in [5, 5.41) is 8.00. The predicted octanol–water partition coefficient (Wildman–Crippen LogP) is 7.92. The average molecular weight is 354 g/mol. The molecule has 0 N–H and O–H groups in total. The van der Waals surface area contributed by atoms with Crippen LogP contribution in [0.25, 0.3) is 54.6 Å². The summed E-state index contributed by atoms with van der Waals surface area (Å²) in [6.45, 7) is 0. The van der Waals surface area contributed by atoms with E-state index < -0.39 is 0 Å². The van der Waals surface area contributed by atoms with Crippen LogP contribution in [-0.2, 0) is 0 Å². The van der Waals surface area contributed by atoms with Gasteiger partial charge in [0.1, 0.15) is 0 Å². The highest BCUT2D eigenvalue weighted by Crippen LogP contribution is 2.40. The fourth-order valence-electron chi connectivity index (χ4n) is 4.50. The Bertz CT molecular complexity index is 1440. The number of rotatable bonds is 2. The fraction of sp³-hybridized carbons (Fsp3) is 0. The predicted molar refractivity (Wildman–Crippen MR) is 121 cm³/mol. The molecule has 0 atom stereocenters. The minimum absolute atomic E-state index is 1.25. The lowest BCUT2D eigenvalue weighted by Crippen LogP contribution is -1.88. The largest absolute Gasteiger partial charge is 0.0622 e. The van der Waals surface area contributed by atoms with Gasteiger partial charge >= 0.3 is 0 Å². The van der Waals surface area contributed by atoms with E-state index in [1.54, 1.807) is 0 Å². The van der Waals surface area contributed by atoms with Crippen LogP contribution in [0.15, 0.2) is 109 Å². The SMILES string of the molecule is c1ccc(-c2cccc(-c3cc4cccc5ccc6cccc3c6c54)c2)cc1. The molecule has 6 rings (SSSR count). The zero-order valence-corrected chi connectivity index (χ0v) is 15.4. The van der Waals surface area contributed by atoms with Crippen LogP contribution in [0.4, 0.5) is 0 Å². The quantitative estimate of drug-likeness (QED) is 0.277. The number of hydrogen-bond acceptors (Lipinski definition) is 0. The molecule has 0 aromatic heterocycles. The van der Waals surface area contributed by atoms with E-state index in [4.69, 9.17) is 0 Å². The highest BCUT2D eigenvalue weighted by Gasteiger charge is 2.13. The normalized spacial score (nSPS) is 11.6. The van der Waals surface area contributed by atoms with Crippen molar-refractivity contribution in [1.82, 2.24) is 0 Å². The third-order valence-corrected chi connectivity index (χ3v) is 5.79. The molecule has 0 nitrogen and oxygen atoms in total. The summed E-state index contributed by atoms with van der Waals surface area (Å²) >= 11 is 0. The Morgan fingerprint density at radius 3 is 1.86 bits per heavy atom. The molecule has 0 radical (unpaired) electrons. The summed E-state index contributed by atoms with van der Waals surface area (Å²) in [4.78, 5) is 0.